The summed E-state index contributed by atoms with van der Waals surface area (Å²) in [7, 11) is 0. The largest absolute Gasteiger partial charge is 0.367 e. The van der Waals surface area contributed by atoms with Crippen molar-refractivity contribution in [3.63, 3.8) is 0 Å². The molecule has 1 aromatic rings. The molecule has 0 saturated carbocycles. The highest BCUT2D eigenvalue weighted by Crippen LogP contribution is 2.22. The minimum absolute atomic E-state index is 0.209. The highest BCUT2D eigenvalue weighted by molar-refractivity contribution is 7.99. The number of nitrogen functional groups attached to an aromatic ring is 1. The fourth-order valence-electron chi connectivity index (χ4n) is 0.667. The van der Waals surface area contributed by atoms with Crippen molar-refractivity contribution in [3.8, 4) is 0 Å². The van der Waals surface area contributed by atoms with Crippen LogP contribution in [0.1, 0.15) is 13.8 Å². The van der Waals surface area contributed by atoms with Crippen LogP contribution in [0.5, 0.6) is 0 Å². The Morgan fingerprint density at radius 1 is 1.62 bits per heavy atom. The third kappa shape index (κ3) is 3.40. The van der Waals surface area contributed by atoms with E-state index in [-0.39, 0.29) is 4.75 Å². The number of thioether (sulfide) groups is 1. The maximum absolute atomic E-state index is 5.39. The van der Waals surface area contributed by atoms with Crippen molar-refractivity contribution in [2.75, 3.05) is 23.9 Å². The first-order valence-electron chi connectivity index (χ1n) is 3.92. The quantitative estimate of drug-likeness (QED) is 0.805. The molecule has 0 bridgehead atoms. The topological polar surface area (TPSA) is 63.8 Å². The Hall–Kier alpha value is -0.490. The van der Waals surface area contributed by atoms with Crippen molar-refractivity contribution in [1.29, 1.82) is 0 Å². The number of anilines is 2. The Morgan fingerprint density at radius 3 is 2.77 bits per heavy atom. The van der Waals surface area contributed by atoms with Crippen LogP contribution in [0.25, 0.3) is 0 Å². The molecule has 13 heavy (non-hydrogen) atoms. The molecule has 74 valence electrons. The van der Waals surface area contributed by atoms with Gasteiger partial charge in [-0.25, -0.2) is 0 Å². The number of nitrogens with one attached hydrogen (secondary N) is 1. The van der Waals surface area contributed by atoms with E-state index in [0.29, 0.717) is 5.95 Å². The lowest BCUT2D eigenvalue weighted by Gasteiger charge is -2.21. The molecule has 1 heterocycles. The molecule has 6 heteroatoms. The van der Waals surface area contributed by atoms with Crippen molar-refractivity contribution in [3.05, 3.63) is 0 Å². The molecular formula is C7H14N4S2. The van der Waals surface area contributed by atoms with E-state index in [0.717, 1.165) is 11.7 Å². The van der Waals surface area contributed by atoms with Gasteiger partial charge in [0.25, 0.3) is 0 Å². The molecule has 1 rings (SSSR count). The Kier molecular flexibility index (Phi) is 3.38. The molecule has 0 saturated heterocycles. The highest BCUT2D eigenvalue weighted by Gasteiger charge is 2.15. The Morgan fingerprint density at radius 2 is 2.31 bits per heavy atom. The van der Waals surface area contributed by atoms with Gasteiger partial charge in [0.1, 0.15) is 0 Å². The number of hydrogen-bond donors (Lipinski definition) is 2. The molecule has 0 radical (unpaired) electrons. The molecule has 0 fully saturated rings. The molecule has 0 unspecified atom stereocenters. The molecule has 4 nitrogen and oxygen atoms in total. The van der Waals surface area contributed by atoms with E-state index in [1.165, 1.54) is 11.5 Å². The number of nitrogens with two attached hydrogens (primary N) is 1. The fourth-order valence-corrected chi connectivity index (χ4v) is 1.38. The number of aromatic nitrogens is 2. The van der Waals surface area contributed by atoms with Gasteiger partial charge < -0.3 is 11.1 Å². The van der Waals surface area contributed by atoms with Gasteiger partial charge in [0.15, 0.2) is 0 Å². The van der Waals surface area contributed by atoms with Gasteiger partial charge >= 0.3 is 0 Å². The zero-order valence-electron chi connectivity index (χ0n) is 8.00. The zero-order chi connectivity index (χ0) is 9.90. The molecule has 0 spiro atoms. The van der Waals surface area contributed by atoms with E-state index in [4.69, 9.17) is 5.73 Å². The standard InChI is InChI=1S/C7H14N4S2/c1-7(2,12-3)4-9-6-10-5(8)11-13-6/h4H2,1-3H3,(H3,8,9,10,11). The number of nitrogens with zero attached hydrogens (tertiary/aromatic N) is 2. The van der Waals surface area contributed by atoms with Crippen LogP contribution in [0.4, 0.5) is 11.1 Å². The van der Waals surface area contributed by atoms with Gasteiger partial charge in [-0.2, -0.15) is 21.1 Å². The molecule has 0 aliphatic carbocycles. The van der Waals surface area contributed by atoms with Gasteiger partial charge in [-0.15, -0.1) is 0 Å². The lowest BCUT2D eigenvalue weighted by molar-refractivity contribution is 0.752. The summed E-state index contributed by atoms with van der Waals surface area (Å²) in [5, 5.41) is 3.99. The van der Waals surface area contributed by atoms with Crippen LogP contribution >= 0.6 is 23.3 Å². The number of hydrogen-bond acceptors (Lipinski definition) is 6. The summed E-state index contributed by atoms with van der Waals surface area (Å²) in [6.45, 7) is 5.22. The first-order chi connectivity index (χ1) is 6.03. The van der Waals surface area contributed by atoms with Gasteiger partial charge in [-0.3, -0.25) is 0 Å². The molecule has 3 N–H and O–H groups in total. The summed E-state index contributed by atoms with van der Waals surface area (Å²) in [6.07, 6.45) is 2.09. The minimum Gasteiger partial charge on any atom is -0.367 e. The summed E-state index contributed by atoms with van der Waals surface area (Å²) < 4.78 is 4.09. The second-order valence-corrected chi connectivity index (χ2v) is 5.54. The summed E-state index contributed by atoms with van der Waals surface area (Å²) in [4.78, 5) is 4.01. The van der Waals surface area contributed by atoms with E-state index in [9.17, 15) is 0 Å². The molecule has 0 amide bonds. The maximum atomic E-state index is 5.39. The summed E-state index contributed by atoms with van der Waals surface area (Å²) in [6, 6.07) is 0. The van der Waals surface area contributed by atoms with E-state index >= 15 is 0 Å². The third-order valence-corrected chi connectivity index (χ3v) is 3.60. The normalized spacial score (nSPS) is 11.6. The molecular weight excluding hydrogens is 204 g/mol. The third-order valence-electron chi connectivity index (χ3n) is 1.66. The summed E-state index contributed by atoms with van der Waals surface area (Å²) >= 11 is 3.11. The van der Waals surface area contributed by atoms with E-state index in [1.807, 2.05) is 11.8 Å². The van der Waals surface area contributed by atoms with Crippen LogP contribution in [0.2, 0.25) is 0 Å². The van der Waals surface area contributed by atoms with Gasteiger partial charge in [0.2, 0.25) is 11.1 Å². The minimum atomic E-state index is 0.209. The maximum Gasteiger partial charge on any atom is 0.233 e. The van der Waals surface area contributed by atoms with Crippen LogP contribution in [0.15, 0.2) is 0 Å². The summed E-state index contributed by atoms with van der Waals surface area (Å²) in [5.41, 5.74) is 5.39. The van der Waals surface area contributed by atoms with Crippen LogP contribution in [0.3, 0.4) is 0 Å². The van der Waals surface area contributed by atoms with E-state index in [1.54, 1.807) is 0 Å². The second-order valence-electron chi connectivity index (χ2n) is 3.28. The smallest absolute Gasteiger partial charge is 0.233 e. The van der Waals surface area contributed by atoms with E-state index < -0.39 is 0 Å². The first-order valence-corrected chi connectivity index (χ1v) is 5.91. The average Bonchev–Trinajstić information content (AvgIpc) is 2.48. The van der Waals surface area contributed by atoms with Crippen molar-refractivity contribution in [2.45, 2.75) is 18.6 Å². The first kappa shape index (κ1) is 10.6. The van der Waals surface area contributed by atoms with Gasteiger partial charge in [0, 0.05) is 22.8 Å². The molecule has 0 atom stereocenters. The van der Waals surface area contributed by atoms with Crippen molar-refractivity contribution >= 4 is 34.4 Å². The van der Waals surface area contributed by atoms with Gasteiger partial charge in [-0.05, 0) is 20.1 Å². The number of rotatable bonds is 4. The fraction of sp³-hybridized carbons (Fsp3) is 0.714. The van der Waals surface area contributed by atoms with Crippen LogP contribution in [-0.4, -0.2) is 26.9 Å². The molecule has 1 aromatic heterocycles. The predicted molar refractivity (Wildman–Crippen MR) is 60.4 cm³/mol. The van der Waals surface area contributed by atoms with Crippen LogP contribution in [-0.2, 0) is 0 Å². The molecule has 0 aliphatic heterocycles. The monoisotopic (exact) mass is 218 g/mol. The zero-order valence-corrected chi connectivity index (χ0v) is 9.63. The average molecular weight is 218 g/mol. The Balaban J connectivity index is 2.43. The van der Waals surface area contributed by atoms with Crippen molar-refractivity contribution in [1.82, 2.24) is 9.36 Å². The SMILES string of the molecule is CSC(C)(C)CNc1nc(N)ns1. The lowest BCUT2D eigenvalue weighted by atomic mass is 10.2. The van der Waals surface area contributed by atoms with Crippen molar-refractivity contribution in [2.24, 2.45) is 0 Å². The predicted octanol–water partition coefficient (Wildman–Crippen LogP) is 1.67. The Bertz CT molecular complexity index is 271. The van der Waals surface area contributed by atoms with E-state index in [2.05, 4.69) is 34.8 Å². The summed E-state index contributed by atoms with van der Waals surface area (Å²) in [5.74, 6) is 0.342. The van der Waals surface area contributed by atoms with Crippen molar-refractivity contribution < 1.29 is 0 Å². The lowest BCUT2D eigenvalue weighted by Crippen LogP contribution is -2.25. The highest BCUT2D eigenvalue weighted by atomic mass is 32.2. The molecule has 0 aromatic carbocycles. The molecule has 0 aliphatic rings. The van der Waals surface area contributed by atoms with Gasteiger partial charge in [-0.1, -0.05) is 0 Å². The van der Waals surface area contributed by atoms with Crippen LogP contribution < -0.4 is 11.1 Å². The second kappa shape index (κ2) is 4.15. The Labute approximate surface area is 86.5 Å². The van der Waals surface area contributed by atoms with Gasteiger partial charge in [0.05, 0.1) is 0 Å². The van der Waals surface area contributed by atoms with Crippen LogP contribution in [0, 0.1) is 0 Å².